The molecule has 90 valence electrons. The summed E-state index contributed by atoms with van der Waals surface area (Å²) in [7, 11) is 0. The Kier molecular flexibility index (Phi) is 4.36. The van der Waals surface area contributed by atoms with E-state index in [0.29, 0.717) is 0 Å². The zero-order chi connectivity index (χ0) is 12.2. The van der Waals surface area contributed by atoms with E-state index in [9.17, 15) is 0 Å². The van der Waals surface area contributed by atoms with Crippen LogP contribution in [0.4, 0.5) is 0 Å². The smallest absolute Gasteiger partial charge is 0.0369 e. The van der Waals surface area contributed by atoms with Gasteiger partial charge in [-0.3, -0.25) is 0 Å². The highest BCUT2D eigenvalue weighted by molar-refractivity contribution is 5.28. The Hall–Kier alpha value is -1.02. The summed E-state index contributed by atoms with van der Waals surface area (Å²) in [5.41, 5.74) is 9.32. The molecule has 0 unspecified atom stereocenters. The lowest BCUT2D eigenvalue weighted by atomic mass is 9.77. The fourth-order valence-corrected chi connectivity index (χ4v) is 2.29. The molecule has 0 aromatic heterocycles. The van der Waals surface area contributed by atoms with Crippen LogP contribution in [-0.2, 0) is 0 Å². The van der Waals surface area contributed by atoms with E-state index in [1.54, 1.807) is 0 Å². The molecule has 0 aromatic rings. The molecule has 1 aliphatic rings. The van der Waals surface area contributed by atoms with Crippen LogP contribution >= 0.6 is 0 Å². The SMILES string of the molecule is C=C(C)NC(=C)/C=C(\C)C1(N)CCCCC1. The van der Waals surface area contributed by atoms with E-state index in [0.717, 1.165) is 24.2 Å². The summed E-state index contributed by atoms with van der Waals surface area (Å²) in [6.45, 7) is 11.8. The predicted octanol–water partition coefficient (Wildman–Crippen LogP) is 3.23. The summed E-state index contributed by atoms with van der Waals surface area (Å²) < 4.78 is 0. The Labute approximate surface area is 99.3 Å². The molecule has 2 heteroatoms. The van der Waals surface area contributed by atoms with E-state index in [4.69, 9.17) is 5.73 Å². The Morgan fingerprint density at radius 3 is 2.25 bits per heavy atom. The van der Waals surface area contributed by atoms with Crippen molar-refractivity contribution in [1.82, 2.24) is 5.32 Å². The highest BCUT2D eigenvalue weighted by Gasteiger charge is 2.28. The van der Waals surface area contributed by atoms with E-state index in [1.165, 1.54) is 24.8 Å². The van der Waals surface area contributed by atoms with Gasteiger partial charge in [-0.2, -0.15) is 0 Å². The molecule has 0 heterocycles. The monoisotopic (exact) mass is 220 g/mol. The molecule has 0 atom stereocenters. The zero-order valence-corrected chi connectivity index (χ0v) is 10.6. The summed E-state index contributed by atoms with van der Waals surface area (Å²) in [5.74, 6) is 0. The quantitative estimate of drug-likeness (QED) is 0.714. The van der Waals surface area contributed by atoms with Crippen LogP contribution in [0.3, 0.4) is 0 Å². The lowest BCUT2D eigenvalue weighted by Gasteiger charge is -2.34. The first kappa shape index (κ1) is 13.0. The third kappa shape index (κ3) is 3.53. The maximum absolute atomic E-state index is 6.42. The highest BCUT2D eigenvalue weighted by Crippen LogP contribution is 2.32. The molecule has 0 radical (unpaired) electrons. The maximum Gasteiger partial charge on any atom is 0.0369 e. The fourth-order valence-electron chi connectivity index (χ4n) is 2.29. The van der Waals surface area contributed by atoms with Crippen molar-refractivity contribution in [1.29, 1.82) is 0 Å². The molecule has 1 aliphatic carbocycles. The number of nitrogens with two attached hydrogens (primary N) is 1. The molecule has 3 N–H and O–H groups in total. The number of nitrogens with one attached hydrogen (secondary N) is 1. The fraction of sp³-hybridized carbons (Fsp3) is 0.571. The first-order valence-corrected chi connectivity index (χ1v) is 6.03. The second kappa shape index (κ2) is 5.35. The molecule has 0 aliphatic heterocycles. The summed E-state index contributed by atoms with van der Waals surface area (Å²) in [6, 6.07) is 0. The molecule has 1 rings (SSSR count). The third-order valence-corrected chi connectivity index (χ3v) is 3.30. The van der Waals surface area contributed by atoms with Gasteiger partial charge >= 0.3 is 0 Å². The van der Waals surface area contributed by atoms with E-state index in [1.807, 2.05) is 6.92 Å². The average Bonchev–Trinajstić information content (AvgIpc) is 2.17. The lowest BCUT2D eigenvalue weighted by Crippen LogP contribution is -2.42. The predicted molar refractivity (Wildman–Crippen MR) is 70.9 cm³/mol. The van der Waals surface area contributed by atoms with Gasteiger partial charge in [0.25, 0.3) is 0 Å². The van der Waals surface area contributed by atoms with Crippen molar-refractivity contribution in [3.63, 3.8) is 0 Å². The maximum atomic E-state index is 6.42. The summed E-state index contributed by atoms with van der Waals surface area (Å²) in [6.07, 6.45) is 8.03. The van der Waals surface area contributed by atoms with Gasteiger partial charge in [-0.15, -0.1) is 0 Å². The van der Waals surface area contributed by atoms with Crippen molar-refractivity contribution in [2.75, 3.05) is 0 Å². The first-order chi connectivity index (χ1) is 7.44. The Morgan fingerprint density at radius 2 is 1.75 bits per heavy atom. The summed E-state index contributed by atoms with van der Waals surface area (Å²) in [4.78, 5) is 0. The van der Waals surface area contributed by atoms with Crippen molar-refractivity contribution in [3.8, 4) is 0 Å². The van der Waals surface area contributed by atoms with Gasteiger partial charge in [-0.05, 0) is 32.8 Å². The van der Waals surface area contributed by atoms with E-state index in [2.05, 4.69) is 31.5 Å². The standard InChI is InChI=1S/C14H24N2/c1-11(2)16-13(4)10-12(3)14(15)8-6-5-7-9-14/h10,16H,1,4-9,15H2,2-3H3/b12-10+. The minimum absolute atomic E-state index is 0.113. The van der Waals surface area contributed by atoms with Gasteiger partial charge in [0.05, 0.1) is 0 Å². The van der Waals surface area contributed by atoms with Crippen LogP contribution in [0.2, 0.25) is 0 Å². The number of rotatable bonds is 4. The molecular formula is C14H24N2. The van der Waals surface area contributed by atoms with Gasteiger partial charge in [-0.1, -0.05) is 38.0 Å². The molecule has 0 spiro atoms. The normalized spacial score (nSPS) is 20.3. The van der Waals surface area contributed by atoms with Crippen LogP contribution in [-0.4, -0.2) is 5.54 Å². The molecule has 0 aromatic carbocycles. The van der Waals surface area contributed by atoms with Crippen molar-refractivity contribution in [2.45, 2.75) is 51.5 Å². The number of hydrogen-bond donors (Lipinski definition) is 2. The van der Waals surface area contributed by atoms with Gasteiger partial charge in [0.1, 0.15) is 0 Å². The Morgan fingerprint density at radius 1 is 1.19 bits per heavy atom. The highest BCUT2D eigenvalue weighted by atomic mass is 14.9. The molecule has 0 bridgehead atoms. The summed E-state index contributed by atoms with van der Waals surface area (Å²) >= 11 is 0. The minimum atomic E-state index is -0.113. The average molecular weight is 220 g/mol. The third-order valence-electron chi connectivity index (χ3n) is 3.30. The first-order valence-electron chi connectivity index (χ1n) is 6.03. The van der Waals surface area contributed by atoms with Gasteiger partial charge in [-0.25, -0.2) is 0 Å². The van der Waals surface area contributed by atoms with Crippen LogP contribution in [0.15, 0.2) is 36.2 Å². The number of hydrogen-bond acceptors (Lipinski definition) is 2. The second-order valence-electron chi connectivity index (χ2n) is 4.97. The van der Waals surface area contributed by atoms with E-state index >= 15 is 0 Å². The molecule has 0 saturated heterocycles. The van der Waals surface area contributed by atoms with Gasteiger partial charge in [0, 0.05) is 16.9 Å². The van der Waals surface area contributed by atoms with Crippen LogP contribution in [0.25, 0.3) is 0 Å². The van der Waals surface area contributed by atoms with Gasteiger partial charge in [0.2, 0.25) is 0 Å². The van der Waals surface area contributed by atoms with Crippen molar-refractivity contribution >= 4 is 0 Å². The van der Waals surface area contributed by atoms with Crippen LogP contribution in [0.5, 0.6) is 0 Å². The minimum Gasteiger partial charge on any atom is -0.360 e. The summed E-state index contributed by atoms with van der Waals surface area (Å²) in [5, 5.41) is 3.11. The van der Waals surface area contributed by atoms with Crippen molar-refractivity contribution in [2.24, 2.45) is 5.73 Å². The van der Waals surface area contributed by atoms with Crippen molar-refractivity contribution in [3.05, 3.63) is 36.2 Å². The molecule has 2 nitrogen and oxygen atoms in total. The molecular weight excluding hydrogens is 196 g/mol. The van der Waals surface area contributed by atoms with Crippen LogP contribution in [0.1, 0.15) is 46.0 Å². The van der Waals surface area contributed by atoms with Crippen LogP contribution in [0, 0.1) is 0 Å². The Bertz CT molecular complexity index is 307. The molecule has 1 saturated carbocycles. The lowest BCUT2D eigenvalue weighted by molar-refractivity contribution is 0.341. The van der Waals surface area contributed by atoms with Crippen LogP contribution < -0.4 is 11.1 Å². The van der Waals surface area contributed by atoms with Crippen molar-refractivity contribution < 1.29 is 0 Å². The van der Waals surface area contributed by atoms with E-state index < -0.39 is 0 Å². The van der Waals surface area contributed by atoms with Gasteiger partial charge in [0.15, 0.2) is 0 Å². The van der Waals surface area contributed by atoms with Gasteiger partial charge < -0.3 is 11.1 Å². The topological polar surface area (TPSA) is 38.0 Å². The number of allylic oxidation sites excluding steroid dienone is 2. The molecule has 0 amide bonds. The largest absolute Gasteiger partial charge is 0.360 e. The molecule has 1 fully saturated rings. The zero-order valence-electron chi connectivity index (χ0n) is 10.6. The van der Waals surface area contributed by atoms with E-state index in [-0.39, 0.29) is 5.54 Å². The molecule has 16 heavy (non-hydrogen) atoms. The Balaban J connectivity index is 2.67. The second-order valence-corrected chi connectivity index (χ2v) is 4.97.